The van der Waals surface area contributed by atoms with E-state index in [0.29, 0.717) is 6.54 Å². The Labute approximate surface area is 99.2 Å². The molecule has 0 aromatic rings. The zero-order valence-corrected chi connectivity index (χ0v) is 10.1. The lowest BCUT2D eigenvalue weighted by Gasteiger charge is -2.36. The van der Waals surface area contributed by atoms with Crippen molar-refractivity contribution in [1.29, 1.82) is 0 Å². The number of nitrogens with zero attached hydrogens (tertiary/aromatic N) is 1. The third kappa shape index (κ3) is 2.43. The highest BCUT2D eigenvalue weighted by atomic mass is 19.3. The first-order valence-electron chi connectivity index (χ1n) is 6.11. The van der Waals surface area contributed by atoms with Gasteiger partial charge in [0.1, 0.15) is 6.17 Å². The summed E-state index contributed by atoms with van der Waals surface area (Å²) in [6.45, 7) is 4.29. The summed E-state index contributed by atoms with van der Waals surface area (Å²) in [7, 11) is 0. The Hall–Kier alpha value is -0.740. The summed E-state index contributed by atoms with van der Waals surface area (Å²) >= 11 is 0. The summed E-state index contributed by atoms with van der Waals surface area (Å²) < 4.78 is 39.0. The van der Waals surface area contributed by atoms with E-state index in [4.69, 9.17) is 0 Å². The quantitative estimate of drug-likeness (QED) is 0.736. The lowest BCUT2D eigenvalue weighted by Crippen LogP contribution is -2.46. The number of halogens is 3. The van der Waals surface area contributed by atoms with Crippen molar-refractivity contribution in [3.8, 4) is 0 Å². The van der Waals surface area contributed by atoms with E-state index in [1.54, 1.807) is 0 Å². The number of carbonyl (C=O) groups excluding carboxylic acids is 1. The molecular weight excluding hydrogens is 231 g/mol. The molecule has 2 atom stereocenters. The van der Waals surface area contributed by atoms with E-state index >= 15 is 0 Å². The van der Waals surface area contributed by atoms with Crippen molar-refractivity contribution in [2.24, 2.45) is 17.8 Å². The molecule has 2 rings (SSSR count). The van der Waals surface area contributed by atoms with Crippen LogP contribution in [0.5, 0.6) is 0 Å². The molecule has 2 aliphatic rings. The van der Waals surface area contributed by atoms with Gasteiger partial charge in [-0.1, -0.05) is 13.8 Å². The van der Waals surface area contributed by atoms with Gasteiger partial charge in [0.25, 0.3) is 0 Å². The lowest BCUT2D eigenvalue weighted by molar-refractivity contribution is -0.159. The summed E-state index contributed by atoms with van der Waals surface area (Å²) in [5, 5.41) is 0. The fourth-order valence-corrected chi connectivity index (χ4v) is 2.69. The van der Waals surface area contributed by atoms with Crippen molar-refractivity contribution in [2.45, 2.75) is 38.8 Å². The van der Waals surface area contributed by atoms with E-state index in [1.165, 1.54) is 4.90 Å². The molecule has 17 heavy (non-hydrogen) atoms. The smallest absolute Gasteiger partial charge is 0.249 e. The molecule has 0 aromatic heterocycles. The topological polar surface area (TPSA) is 20.3 Å². The molecule has 0 bridgehead atoms. The standard InChI is InChI=1S/C12H18F3NO/c1-7(2)9-5-16(6-10(9)13)11(17)8-3-12(14,15)4-8/h7-10H,3-6H2,1-2H3/t9-,10-/m0/s1. The van der Waals surface area contributed by atoms with Crippen LogP contribution in [0.3, 0.4) is 0 Å². The van der Waals surface area contributed by atoms with Crippen LogP contribution in [-0.2, 0) is 4.79 Å². The van der Waals surface area contributed by atoms with Crippen LogP contribution in [0.15, 0.2) is 0 Å². The largest absolute Gasteiger partial charge is 0.339 e. The average molecular weight is 249 g/mol. The highest BCUT2D eigenvalue weighted by molar-refractivity contribution is 5.80. The summed E-state index contributed by atoms with van der Waals surface area (Å²) in [6, 6.07) is 0. The maximum Gasteiger partial charge on any atom is 0.249 e. The normalized spacial score (nSPS) is 32.9. The zero-order valence-electron chi connectivity index (χ0n) is 10.1. The van der Waals surface area contributed by atoms with Crippen LogP contribution < -0.4 is 0 Å². The highest BCUT2D eigenvalue weighted by Crippen LogP contribution is 2.44. The fraction of sp³-hybridized carbons (Fsp3) is 0.917. The number of hydrogen-bond donors (Lipinski definition) is 0. The molecule has 5 heteroatoms. The predicted octanol–water partition coefficient (Wildman–Crippen LogP) is 2.48. The van der Waals surface area contributed by atoms with Gasteiger partial charge in [0.2, 0.25) is 11.8 Å². The van der Waals surface area contributed by atoms with Crippen LogP contribution in [-0.4, -0.2) is 36.0 Å². The molecule has 0 spiro atoms. The van der Waals surface area contributed by atoms with Gasteiger partial charge in [-0.2, -0.15) is 0 Å². The van der Waals surface area contributed by atoms with Crippen LogP contribution in [0.25, 0.3) is 0 Å². The maximum absolute atomic E-state index is 13.6. The number of rotatable bonds is 2. The number of likely N-dealkylation sites (tertiary alicyclic amines) is 1. The number of alkyl halides is 3. The third-order valence-electron chi connectivity index (χ3n) is 3.90. The first-order chi connectivity index (χ1) is 7.80. The first kappa shape index (κ1) is 12.7. The summed E-state index contributed by atoms with van der Waals surface area (Å²) in [5.74, 6) is -3.55. The van der Waals surface area contributed by atoms with E-state index in [9.17, 15) is 18.0 Å². The summed E-state index contributed by atoms with van der Waals surface area (Å²) in [5.41, 5.74) is 0. The fourth-order valence-electron chi connectivity index (χ4n) is 2.69. The molecule has 1 amide bonds. The molecule has 0 unspecified atom stereocenters. The van der Waals surface area contributed by atoms with Crippen LogP contribution in [0, 0.1) is 17.8 Å². The Kier molecular flexibility index (Phi) is 3.12. The van der Waals surface area contributed by atoms with Gasteiger partial charge in [-0.3, -0.25) is 4.79 Å². The summed E-state index contributed by atoms with van der Waals surface area (Å²) in [4.78, 5) is 13.3. The Morgan fingerprint density at radius 2 is 1.88 bits per heavy atom. The summed E-state index contributed by atoms with van der Waals surface area (Å²) in [6.07, 6.45) is -1.75. The number of amides is 1. The van der Waals surface area contributed by atoms with Gasteiger partial charge in [0.15, 0.2) is 0 Å². The van der Waals surface area contributed by atoms with E-state index in [-0.39, 0.29) is 37.1 Å². The average Bonchev–Trinajstić information content (AvgIpc) is 2.55. The second-order valence-corrected chi connectivity index (χ2v) is 5.63. The molecule has 1 aliphatic carbocycles. The van der Waals surface area contributed by atoms with Gasteiger partial charge in [-0.05, 0) is 5.92 Å². The van der Waals surface area contributed by atoms with Crippen LogP contribution in [0.2, 0.25) is 0 Å². The molecule has 0 aromatic carbocycles. The van der Waals surface area contributed by atoms with Crippen molar-refractivity contribution in [2.75, 3.05) is 13.1 Å². The van der Waals surface area contributed by atoms with Crippen LogP contribution in [0.4, 0.5) is 13.2 Å². The Morgan fingerprint density at radius 3 is 2.29 bits per heavy atom. The molecular formula is C12H18F3NO. The van der Waals surface area contributed by atoms with Gasteiger partial charge in [-0.25, -0.2) is 13.2 Å². The van der Waals surface area contributed by atoms with Crippen molar-refractivity contribution < 1.29 is 18.0 Å². The Morgan fingerprint density at radius 1 is 1.29 bits per heavy atom. The number of hydrogen-bond acceptors (Lipinski definition) is 1. The van der Waals surface area contributed by atoms with Crippen LogP contribution >= 0.6 is 0 Å². The minimum Gasteiger partial charge on any atom is -0.339 e. The van der Waals surface area contributed by atoms with Crippen molar-refractivity contribution in [3.05, 3.63) is 0 Å². The zero-order chi connectivity index (χ0) is 12.8. The molecule has 1 aliphatic heterocycles. The second kappa shape index (κ2) is 4.18. The van der Waals surface area contributed by atoms with Crippen molar-refractivity contribution in [1.82, 2.24) is 4.90 Å². The van der Waals surface area contributed by atoms with E-state index in [1.807, 2.05) is 13.8 Å². The first-order valence-corrected chi connectivity index (χ1v) is 6.11. The van der Waals surface area contributed by atoms with Crippen molar-refractivity contribution >= 4 is 5.91 Å². The van der Waals surface area contributed by atoms with E-state index in [0.717, 1.165) is 0 Å². The number of carbonyl (C=O) groups is 1. The van der Waals surface area contributed by atoms with Gasteiger partial charge in [0.05, 0.1) is 6.54 Å². The molecule has 0 radical (unpaired) electrons. The molecule has 2 nitrogen and oxygen atoms in total. The minimum atomic E-state index is -2.69. The van der Waals surface area contributed by atoms with Crippen molar-refractivity contribution in [3.63, 3.8) is 0 Å². The molecule has 1 heterocycles. The molecule has 98 valence electrons. The molecule has 1 saturated heterocycles. The van der Waals surface area contributed by atoms with Gasteiger partial charge in [-0.15, -0.1) is 0 Å². The Balaban J connectivity index is 1.90. The van der Waals surface area contributed by atoms with E-state index in [2.05, 4.69) is 0 Å². The van der Waals surface area contributed by atoms with Crippen LogP contribution in [0.1, 0.15) is 26.7 Å². The SMILES string of the molecule is CC(C)[C@@H]1CN(C(=O)C2CC(F)(F)C2)C[C@@H]1F. The van der Waals surface area contributed by atoms with Gasteiger partial charge in [0, 0.05) is 31.2 Å². The molecule has 1 saturated carbocycles. The minimum absolute atomic E-state index is 0.0732. The second-order valence-electron chi connectivity index (χ2n) is 5.63. The third-order valence-corrected chi connectivity index (χ3v) is 3.90. The van der Waals surface area contributed by atoms with Gasteiger partial charge < -0.3 is 4.90 Å². The predicted molar refractivity (Wildman–Crippen MR) is 57.5 cm³/mol. The highest BCUT2D eigenvalue weighted by Gasteiger charge is 2.51. The lowest BCUT2D eigenvalue weighted by atomic mass is 9.80. The van der Waals surface area contributed by atoms with Gasteiger partial charge >= 0.3 is 0 Å². The Bertz CT molecular complexity index is 311. The maximum atomic E-state index is 13.6. The molecule has 2 fully saturated rings. The van der Waals surface area contributed by atoms with E-state index < -0.39 is 18.0 Å². The monoisotopic (exact) mass is 249 g/mol. The molecule has 0 N–H and O–H groups in total.